The molecular formula is C13H18ClNO3. The van der Waals surface area contributed by atoms with E-state index in [1.165, 1.54) is 0 Å². The molecule has 0 spiro atoms. The Morgan fingerprint density at radius 2 is 2.22 bits per heavy atom. The maximum atomic E-state index is 11.4. The van der Waals surface area contributed by atoms with Crippen molar-refractivity contribution in [2.45, 2.75) is 19.8 Å². The summed E-state index contributed by atoms with van der Waals surface area (Å²) in [6.45, 7) is 2.65. The fourth-order valence-corrected chi connectivity index (χ4v) is 1.52. The normalized spacial score (nSPS) is 9.94. The Hall–Kier alpha value is -1.42. The largest absolute Gasteiger partial charge is 0.495 e. The lowest BCUT2D eigenvalue weighted by molar-refractivity contribution is -0.141. The standard InChI is InChI=1S/C13H18ClNO3/c1-3-4-7-18-13(16)9-15-10-5-6-11(14)12(8-10)17-2/h5-6,8,15H,3-4,7,9H2,1-2H3. The van der Waals surface area contributed by atoms with Crippen LogP contribution in [0.3, 0.4) is 0 Å². The highest BCUT2D eigenvalue weighted by Crippen LogP contribution is 2.27. The van der Waals surface area contributed by atoms with Crippen LogP contribution in [0.4, 0.5) is 5.69 Å². The zero-order chi connectivity index (χ0) is 13.4. The summed E-state index contributed by atoms with van der Waals surface area (Å²) in [6.07, 6.45) is 1.90. The van der Waals surface area contributed by atoms with Gasteiger partial charge in [0.05, 0.1) is 18.7 Å². The fourth-order valence-electron chi connectivity index (χ4n) is 1.33. The van der Waals surface area contributed by atoms with Crippen LogP contribution in [0.25, 0.3) is 0 Å². The molecule has 0 aliphatic rings. The summed E-state index contributed by atoms with van der Waals surface area (Å²) >= 11 is 5.90. The molecule has 1 rings (SSSR count). The Kier molecular flexibility index (Phi) is 6.36. The molecule has 1 aromatic carbocycles. The summed E-state index contributed by atoms with van der Waals surface area (Å²) < 4.78 is 10.1. The summed E-state index contributed by atoms with van der Waals surface area (Å²) in [6, 6.07) is 5.23. The average Bonchev–Trinajstić information content (AvgIpc) is 2.38. The van der Waals surface area contributed by atoms with Crippen molar-refractivity contribution in [3.05, 3.63) is 23.2 Å². The van der Waals surface area contributed by atoms with Gasteiger partial charge in [0.1, 0.15) is 12.3 Å². The minimum Gasteiger partial charge on any atom is -0.495 e. The van der Waals surface area contributed by atoms with E-state index in [1.807, 2.05) is 6.92 Å². The first-order valence-electron chi connectivity index (χ1n) is 5.90. The highest BCUT2D eigenvalue weighted by molar-refractivity contribution is 6.32. The van der Waals surface area contributed by atoms with Crippen LogP contribution in [0, 0.1) is 0 Å². The zero-order valence-electron chi connectivity index (χ0n) is 10.7. The van der Waals surface area contributed by atoms with E-state index in [4.69, 9.17) is 21.1 Å². The Labute approximate surface area is 112 Å². The summed E-state index contributed by atoms with van der Waals surface area (Å²) in [7, 11) is 1.55. The minimum atomic E-state index is -0.266. The molecule has 100 valence electrons. The molecule has 0 amide bonds. The topological polar surface area (TPSA) is 47.6 Å². The molecule has 0 aromatic heterocycles. The van der Waals surface area contributed by atoms with Gasteiger partial charge in [-0.2, -0.15) is 0 Å². The maximum Gasteiger partial charge on any atom is 0.325 e. The summed E-state index contributed by atoms with van der Waals surface area (Å²) in [5.41, 5.74) is 0.767. The second kappa shape index (κ2) is 7.82. The van der Waals surface area contributed by atoms with Crippen molar-refractivity contribution in [1.29, 1.82) is 0 Å². The number of carbonyl (C=O) groups excluding carboxylic acids is 1. The maximum absolute atomic E-state index is 11.4. The number of halogens is 1. The number of benzene rings is 1. The highest BCUT2D eigenvalue weighted by Gasteiger charge is 2.05. The molecule has 0 saturated carbocycles. The van der Waals surface area contributed by atoms with Crippen molar-refractivity contribution in [2.75, 3.05) is 25.6 Å². The molecule has 18 heavy (non-hydrogen) atoms. The van der Waals surface area contributed by atoms with Gasteiger partial charge in [-0.1, -0.05) is 24.9 Å². The van der Waals surface area contributed by atoms with E-state index < -0.39 is 0 Å². The molecule has 0 radical (unpaired) electrons. The van der Waals surface area contributed by atoms with Crippen LogP contribution in [-0.2, 0) is 9.53 Å². The van der Waals surface area contributed by atoms with Gasteiger partial charge < -0.3 is 14.8 Å². The van der Waals surface area contributed by atoms with Crippen LogP contribution in [0.2, 0.25) is 5.02 Å². The molecule has 0 unspecified atom stereocenters. The van der Waals surface area contributed by atoms with E-state index in [-0.39, 0.29) is 12.5 Å². The molecule has 1 N–H and O–H groups in total. The van der Waals surface area contributed by atoms with Crippen LogP contribution < -0.4 is 10.1 Å². The van der Waals surface area contributed by atoms with Gasteiger partial charge in [0.25, 0.3) is 0 Å². The van der Waals surface area contributed by atoms with Crippen molar-refractivity contribution in [3.8, 4) is 5.75 Å². The molecule has 0 aliphatic carbocycles. The zero-order valence-corrected chi connectivity index (χ0v) is 11.4. The molecule has 0 heterocycles. The van der Waals surface area contributed by atoms with Crippen LogP contribution in [-0.4, -0.2) is 26.2 Å². The predicted octanol–water partition coefficient (Wildman–Crippen LogP) is 3.10. The number of esters is 1. The molecule has 0 atom stereocenters. The lowest BCUT2D eigenvalue weighted by atomic mass is 10.3. The summed E-state index contributed by atoms with van der Waals surface area (Å²) in [4.78, 5) is 11.4. The second-order valence-electron chi connectivity index (χ2n) is 3.78. The SMILES string of the molecule is CCCCOC(=O)CNc1ccc(Cl)c(OC)c1. The minimum absolute atomic E-state index is 0.133. The van der Waals surface area contributed by atoms with E-state index in [0.717, 1.165) is 18.5 Å². The first-order chi connectivity index (χ1) is 8.67. The van der Waals surface area contributed by atoms with Gasteiger partial charge in [-0.25, -0.2) is 0 Å². The third-order valence-electron chi connectivity index (χ3n) is 2.35. The van der Waals surface area contributed by atoms with Crippen molar-refractivity contribution < 1.29 is 14.3 Å². The van der Waals surface area contributed by atoms with Crippen molar-refractivity contribution in [2.24, 2.45) is 0 Å². The van der Waals surface area contributed by atoms with E-state index in [0.29, 0.717) is 17.4 Å². The summed E-state index contributed by atoms with van der Waals surface area (Å²) in [5, 5.41) is 3.50. The monoisotopic (exact) mass is 271 g/mol. The van der Waals surface area contributed by atoms with Crippen LogP contribution >= 0.6 is 11.6 Å². The number of anilines is 1. The van der Waals surface area contributed by atoms with Crippen molar-refractivity contribution in [3.63, 3.8) is 0 Å². The highest BCUT2D eigenvalue weighted by atomic mass is 35.5. The number of methoxy groups -OCH3 is 1. The number of unbranched alkanes of at least 4 members (excludes halogenated alkanes) is 1. The van der Waals surface area contributed by atoms with Crippen LogP contribution in [0.5, 0.6) is 5.75 Å². The van der Waals surface area contributed by atoms with Gasteiger partial charge in [0, 0.05) is 11.8 Å². The first kappa shape index (κ1) is 14.6. The van der Waals surface area contributed by atoms with Crippen LogP contribution in [0.15, 0.2) is 18.2 Å². The Morgan fingerprint density at radius 3 is 2.89 bits per heavy atom. The van der Waals surface area contributed by atoms with Gasteiger partial charge in [0.2, 0.25) is 0 Å². The number of carbonyl (C=O) groups is 1. The van der Waals surface area contributed by atoms with Gasteiger partial charge >= 0.3 is 5.97 Å². The molecule has 5 heteroatoms. The first-order valence-corrected chi connectivity index (χ1v) is 6.28. The van der Waals surface area contributed by atoms with Gasteiger partial charge in [-0.3, -0.25) is 4.79 Å². The Bertz CT molecular complexity index is 396. The van der Waals surface area contributed by atoms with Crippen molar-refractivity contribution >= 4 is 23.3 Å². The van der Waals surface area contributed by atoms with Crippen LogP contribution in [0.1, 0.15) is 19.8 Å². The van der Waals surface area contributed by atoms with Gasteiger partial charge in [-0.05, 0) is 18.6 Å². The molecule has 0 saturated heterocycles. The third kappa shape index (κ3) is 4.84. The second-order valence-corrected chi connectivity index (χ2v) is 4.18. The quantitative estimate of drug-likeness (QED) is 0.611. The molecule has 0 aliphatic heterocycles. The molecule has 4 nitrogen and oxygen atoms in total. The Morgan fingerprint density at radius 1 is 1.44 bits per heavy atom. The molecular weight excluding hydrogens is 254 g/mol. The third-order valence-corrected chi connectivity index (χ3v) is 2.66. The van der Waals surface area contributed by atoms with Crippen molar-refractivity contribution in [1.82, 2.24) is 0 Å². The number of hydrogen-bond donors (Lipinski definition) is 1. The molecule has 0 fully saturated rings. The number of hydrogen-bond acceptors (Lipinski definition) is 4. The summed E-state index contributed by atoms with van der Waals surface area (Å²) in [5.74, 6) is 0.304. The predicted molar refractivity (Wildman–Crippen MR) is 72.4 cm³/mol. The van der Waals surface area contributed by atoms with Gasteiger partial charge in [0.15, 0.2) is 0 Å². The van der Waals surface area contributed by atoms with E-state index in [2.05, 4.69) is 5.32 Å². The van der Waals surface area contributed by atoms with Gasteiger partial charge in [-0.15, -0.1) is 0 Å². The van der Waals surface area contributed by atoms with E-state index >= 15 is 0 Å². The lowest BCUT2D eigenvalue weighted by Gasteiger charge is -2.09. The number of ether oxygens (including phenoxy) is 2. The smallest absolute Gasteiger partial charge is 0.325 e. The van der Waals surface area contributed by atoms with E-state index in [9.17, 15) is 4.79 Å². The lowest BCUT2D eigenvalue weighted by Crippen LogP contribution is -2.17. The molecule has 0 bridgehead atoms. The number of rotatable bonds is 7. The number of nitrogens with one attached hydrogen (secondary N) is 1. The van der Waals surface area contributed by atoms with E-state index in [1.54, 1.807) is 25.3 Å². The fraction of sp³-hybridized carbons (Fsp3) is 0.462. The Balaban J connectivity index is 2.41. The molecule has 1 aromatic rings. The average molecular weight is 272 g/mol.